The first kappa shape index (κ1) is 13.7. The molecule has 3 heteroatoms. The van der Waals surface area contributed by atoms with Gasteiger partial charge in [-0.3, -0.25) is 0 Å². The number of thiophene rings is 1. The van der Waals surface area contributed by atoms with Crippen molar-refractivity contribution < 1.29 is 0 Å². The summed E-state index contributed by atoms with van der Waals surface area (Å²) in [6.07, 6.45) is 0. The monoisotopic (exact) mass is 277 g/mol. The fourth-order valence-electron chi connectivity index (χ4n) is 1.57. The van der Waals surface area contributed by atoms with Gasteiger partial charge < -0.3 is 5.32 Å². The van der Waals surface area contributed by atoms with E-state index in [-0.39, 0.29) is 0 Å². The van der Waals surface area contributed by atoms with Crippen LogP contribution in [0.2, 0.25) is 0 Å². The van der Waals surface area contributed by atoms with E-state index >= 15 is 0 Å². The highest BCUT2D eigenvalue weighted by molar-refractivity contribution is 7.98. The number of rotatable bonds is 6. The molecule has 0 amide bonds. The maximum atomic E-state index is 3.43. The van der Waals surface area contributed by atoms with E-state index in [9.17, 15) is 0 Å². The lowest BCUT2D eigenvalue weighted by molar-refractivity contribution is 0.588. The molecule has 1 aromatic heterocycles. The van der Waals surface area contributed by atoms with Gasteiger partial charge in [0.1, 0.15) is 0 Å². The molecule has 1 heterocycles. The highest BCUT2D eigenvalue weighted by Gasteiger charge is 1.98. The number of benzene rings is 1. The third kappa shape index (κ3) is 4.48. The van der Waals surface area contributed by atoms with Crippen molar-refractivity contribution in [1.29, 1.82) is 0 Å². The minimum atomic E-state index is 0.539. The summed E-state index contributed by atoms with van der Waals surface area (Å²) in [7, 11) is 0. The molecule has 0 unspecified atom stereocenters. The Balaban J connectivity index is 1.83. The highest BCUT2D eigenvalue weighted by atomic mass is 32.2. The van der Waals surface area contributed by atoms with Crippen LogP contribution in [0.1, 0.15) is 25.0 Å². The van der Waals surface area contributed by atoms with Gasteiger partial charge in [0.15, 0.2) is 0 Å². The van der Waals surface area contributed by atoms with Crippen LogP contribution in [0.4, 0.5) is 0 Å². The summed E-state index contributed by atoms with van der Waals surface area (Å²) in [6.45, 7) is 5.29. The maximum Gasteiger partial charge on any atom is 0.0240 e. The van der Waals surface area contributed by atoms with Crippen LogP contribution in [0.25, 0.3) is 0 Å². The van der Waals surface area contributed by atoms with Crippen LogP contribution < -0.4 is 5.32 Å². The highest BCUT2D eigenvalue weighted by Crippen LogP contribution is 2.24. The molecular formula is C15H19NS2. The average molecular weight is 277 g/mol. The van der Waals surface area contributed by atoms with E-state index in [0.717, 1.165) is 12.3 Å². The van der Waals surface area contributed by atoms with Crippen molar-refractivity contribution in [3.63, 3.8) is 0 Å². The summed E-state index contributed by atoms with van der Waals surface area (Å²) >= 11 is 3.66. The Morgan fingerprint density at radius 1 is 1.11 bits per heavy atom. The second kappa shape index (κ2) is 6.98. The Bertz CT molecular complexity index is 446. The normalized spacial score (nSPS) is 11.1. The van der Waals surface area contributed by atoms with Gasteiger partial charge in [-0.25, -0.2) is 0 Å². The van der Waals surface area contributed by atoms with Gasteiger partial charge in [0.25, 0.3) is 0 Å². The second-order valence-electron chi connectivity index (χ2n) is 4.60. The van der Waals surface area contributed by atoms with E-state index in [1.54, 1.807) is 11.3 Å². The molecule has 1 nitrogen and oxygen atoms in total. The predicted octanol–water partition coefficient (Wildman–Crippen LogP) is 4.54. The first-order chi connectivity index (χ1) is 8.74. The lowest BCUT2D eigenvalue weighted by Crippen LogP contribution is -2.21. The molecule has 0 aliphatic rings. The summed E-state index contributed by atoms with van der Waals surface area (Å²) in [5.74, 6) is 1.06. The van der Waals surface area contributed by atoms with Crippen molar-refractivity contribution in [3.8, 4) is 0 Å². The summed E-state index contributed by atoms with van der Waals surface area (Å²) in [5.41, 5.74) is 2.76. The molecule has 18 heavy (non-hydrogen) atoms. The molecule has 0 atom stereocenters. The number of hydrogen-bond acceptors (Lipinski definition) is 3. The third-order valence-corrected chi connectivity index (χ3v) is 4.44. The SMILES string of the molecule is CC(C)NCc1ccc(SCc2ccsc2)cc1. The van der Waals surface area contributed by atoms with E-state index < -0.39 is 0 Å². The number of nitrogens with one attached hydrogen (secondary N) is 1. The van der Waals surface area contributed by atoms with Gasteiger partial charge in [0.05, 0.1) is 0 Å². The Hall–Kier alpha value is -0.770. The van der Waals surface area contributed by atoms with Gasteiger partial charge in [-0.1, -0.05) is 26.0 Å². The Morgan fingerprint density at radius 3 is 2.50 bits per heavy atom. The Labute approximate surface area is 118 Å². The Morgan fingerprint density at radius 2 is 1.89 bits per heavy atom. The summed E-state index contributed by atoms with van der Waals surface area (Å²) < 4.78 is 0. The zero-order valence-electron chi connectivity index (χ0n) is 10.8. The van der Waals surface area contributed by atoms with Crippen LogP contribution in [-0.4, -0.2) is 6.04 Å². The largest absolute Gasteiger partial charge is 0.310 e. The predicted molar refractivity (Wildman–Crippen MR) is 82.3 cm³/mol. The molecule has 0 saturated carbocycles. The minimum absolute atomic E-state index is 0.539. The van der Waals surface area contributed by atoms with Crippen molar-refractivity contribution in [2.24, 2.45) is 0 Å². The van der Waals surface area contributed by atoms with E-state index in [1.165, 1.54) is 16.0 Å². The molecule has 0 spiro atoms. The minimum Gasteiger partial charge on any atom is -0.310 e. The lowest BCUT2D eigenvalue weighted by Gasteiger charge is -2.08. The van der Waals surface area contributed by atoms with Crippen LogP contribution in [0.3, 0.4) is 0 Å². The van der Waals surface area contributed by atoms with Crippen molar-refractivity contribution in [2.45, 2.75) is 37.1 Å². The van der Waals surface area contributed by atoms with Gasteiger partial charge >= 0.3 is 0 Å². The second-order valence-corrected chi connectivity index (χ2v) is 6.43. The zero-order chi connectivity index (χ0) is 12.8. The molecule has 0 fully saturated rings. The van der Waals surface area contributed by atoms with E-state index in [1.807, 2.05) is 11.8 Å². The quantitative estimate of drug-likeness (QED) is 0.778. The Kier molecular flexibility index (Phi) is 5.29. The van der Waals surface area contributed by atoms with Crippen molar-refractivity contribution in [3.05, 3.63) is 52.2 Å². The van der Waals surface area contributed by atoms with Gasteiger partial charge in [-0.2, -0.15) is 11.3 Å². The van der Waals surface area contributed by atoms with Gasteiger partial charge in [0.2, 0.25) is 0 Å². The molecule has 1 N–H and O–H groups in total. The lowest BCUT2D eigenvalue weighted by atomic mass is 10.2. The average Bonchev–Trinajstić information content (AvgIpc) is 2.88. The summed E-state index contributed by atoms with van der Waals surface area (Å²) in [4.78, 5) is 1.34. The number of hydrogen-bond donors (Lipinski definition) is 1. The zero-order valence-corrected chi connectivity index (χ0v) is 12.5. The molecular weight excluding hydrogens is 258 g/mol. The molecule has 2 rings (SSSR count). The van der Waals surface area contributed by atoms with Crippen molar-refractivity contribution in [2.75, 3.05) is 0 Å². The number of thioether (sulfide) groups is 1. The first-order valence-electron chi connectivity index (χ1n) is 6.20. The maximum absolute atomic E-state index is 3.43. The molecule has 0 saturated heterocycles. The van der Waals surface area contributed by atoms with E-state index in [4.69, 9.17) is 0 Å². The molecule has 1 aromatic carbocycles. The fourth-order valence-corrected chi connectivity index (χ4v) is 3.18. The van der Waals surface area contributed by atoms with Crippen LogP contribution in [0.5, 0.6) is 0 Å². The standard InChI is InChI=1S/C15H19NS2/c1-12(2)16-9-13-3-5-15(6-4-13)18-11-14-7-8-17-10-14/h3-8,10,12,16H,9,11H2,1-2H3. The molecule has 96 valence electrons. The van der Waals surface area contributed by atoms with Crippen molar-refractivity contribution >= 4 is 23.1 Å². The van der Waals surface area contributed by atoms with Gasteiger partial charge in [0, 0.05) is 23.2 Å². The van der Waals surface area contributed by atoms with Crippen LogP contribution in [-0.2, 0) is 12.3 Å². The van der Waals surface area contributed by atoms with E-state index in [0.29, 0.717) is 6.04 Å². The van der Waals surface area contributed by atoms with Gasteiger partial charge in [-0.05, 0) is 40.1 Å². The van der Waals surface area contributed by atoms with E-state index in [2.05, 4.69) is 60.3 Å². The van der Waals surface area contributed by atoms with Crippen molar-refractivity contribution in [1.82, 2.24) is 5.32 Å². The summed E-state index contributed by atoms with van der Waals surface area (Å²) in [5, 5.41) is 7.78. The van der Waals surface area contributed by atoms with Gasteiger partial charge in [-0.15, -0.1) is 11.8 Å². The third-order valence-electron chi connectivity index (χ3n) is 2.62. The molecule has 0 bridgehead atoms. The first-order valence-corrected chi connectivity index (χ1v) is 8.13. The molecule has 2 aromatic rings. The molecule has 0 radical (unpaired) electrons. The molecule has 0 aliphatic heterocycles. The fraction of sp³-hybridized carbons (Fsp3) is 0.333. The van der Waals surface area contributed by atoms with Crippen LogP contribution >= 0.6 is 23.1 Å². The van der Waals surface area contributed by atoms with Crippen LogP contribution in [0.15, 0.2) is 46.0 Å². The topological polar surface area (TPSA) is 12.0 Å². The van der Waals surface area contributed by atoms with Crippen LogP contribution in [0, 0.1) is 0 Å². The molecule has 0 aliphatic carbocycles. The summed E-state index contributed by atoms with van der Waals surface area (Å²) in [6, 6.07) is 11.6. The smallest absolute Gasteiger partial charge is 0.0240 e.